The van der Waals surface area contributed by atoms with Gasteiger partial charge in [0.25, 0.3) is 0 Å². The summed E-state index contributed by atoms with van der Waals surface area (Å²) in [5, 5.41) is 21.7. The molecule has 0 bridgehead atoms. The van der Waals surface area contributed by atoms with Gasteiger partial charge in [0.05, 0.1) is 35.3 Å². The zero-order chi connectivity index (χ0) is 32.5. The fourth-order valence-electron chi connectivity index (χ4n) is 4.52. The first-order valence-electron chi connectivity index (χ1n) is 14.1. The summed E-state index contributed by atoms with van der Waals surface area (Å²) >= 11 is 12.5. The van der Waals surface area contributed by atoms with E-state index in [1.165, 1.54) is 7.11 Å². The molecule has 0 saturated carbocycles. The number of methoxy groups -OCH3 is 1. The summed E-state index contributed by atoms with van der Waals surface area (Å²) in [6.45, 7) is 0.0900. The second kappa shape index (κ2) is 15.2. The lowest BCUT2D eigenvalue weighted by atomic mass is 10.1. The van der Waals surface area contributed by atoms with Gasteiger partial charge < -0.3 is 25.8 Å². The number of aromatic nitrogens is 3. The number of carbonyl (C=O) groups excluding carboxylic acids is 1. The Balaban J connectivity index is 1.49. The van der Waals surface area contributed by atoms with Crippen molar-refractivity contribution in [2.75, 3.05) is 29.6 Å². The Morgan fingerprint density at radius 2 is 1.50 bits per heavy atom. The van der Waals surface area contributed by atoms with Crippen LogP contribution >= 0.6 is 23.2 Å². The fraction of sp³-hybridized carbons (Fsp3) is 0.121. The van der Waals surface area contributed by atoms with Gasteiger partial charge in [0.2, 0.25) is 11.9 Å². The molecule has 11 nitrogen and oxygen atoms in total. The largest absolute Gasteiger partial charge is 0.495 e. The highest BCUT2D eigenvalue weighted by Gasteiger charge is 2.22. The van der Waals surface area contributed by atoms with Crippen LogP contribution in [0.15, 0.2) is 97.1 Å². The molecule has 2 amide bonds. The summed E-state index contributed by atoms with van der Waals surface area (Å²) in [6, 6.07) is 28.2. The van der Waals surface area contributed by atoms with Crippen molar-refractivity contribution in [3.8, 4) is 16.9 Å². The lowest BCUT2D eigenvalue weighted by Gasteiger charge is -2.20. The fourth-order valence-corrected chi connectivity index (χ4v) is 4.82. The van der Waals surface area contributed by atoms with E-state index in [0.717, 1.165) is 11.1 Å². The summed E-state index contributed by atoms with van der Waals surface area (Å²) in [5.74, 6) is -0.249. The van der Waals surface area contributed by atoms with Crippen molar-refractivity contribution in [2.24, 2.45) is 0 Å². The maximum atomic E-state index is 13.1. The average Bonchev–Trinajstić information content (AvgIpc) is 3.05. The molecule has 4 aromatic carbocycles. The van der Waals surface area contributed by atoms with E-state index >= 15 is 0 Å². The topological polar surface area (TPSA) is 150 Å². The number of anilines is 4. The number of aliphatic carboxylic acids is 1. The number of carbonyl (C=O) groups is 2. The van der Waals surface area contributed by atoms with Gasteiger partial charge in [-0.2, -0.15) is 15.0 Å². The normalized spacial score (nSPS) is 11.4. The molecule has 1 heterocycles. The van der Waals surface area contributed by atoms with Crippen LogP contribution < -0.4 is 26.0 Å². The number of para-hydroxylation sites is 2. The van der Waals surface area contributed by atoms with Gasteiger partial charge in [-0.3, -0.25) is 10.1 Å². The zero-order valence-electron chi connectivity index (χ0n) is 24.5. The van der Waals surface area contributed by atoms with E-state index in [2.05, 4.69) is 36.2 Å². The SMILES string of the molecule is COc1ccccc1NC(=O)Nc1nc(Nc2ccc(-c3ccccc3)cc2)nc(C(NCCC(=O)O)c2ccc(Cl)c(Cl)c2)n1. The van der Waals surface area contributed by atoms with Gasteiger partial charge in [0.1, 0.15) is 5.75 Å². The van der Waals surface area contributed by atoms with Crippen molar-refractivity contribution in [3.05, 3.63) is 118 Å². The first kappa shape index (κ1) is 32.2. The number of nitrogens with one attached hydrogen (secondary N) is 4. The minimum Gasteiger partial charge on any atom is -0.495 e. The van der Waals surface area contributed by atoms with Gasteiger partial charge in [0, 0.05) is 12.2 Å². The molecule has 0 aliphatic rings. The van der Waals surface area contributed by atoms with Gasteiger partial charge in [-0.25, -0.2) is 4.79 Å². The van der Waals surface area contributed by atoms with Crippen LogP contribution in [0.25, 0.3) is 11.1 Å². The number of carboxylic acid groups (broad SMARTS) is 1. The molecule has 0 saturated heterocycles. The summed E-state index contributed by atoms with van der Waals surface area (Å²) in [4.78, 5) is 38.0. The Morgan fingerprint density at radius 1 is 0.804 bits per heavy atom. The second-order valence-corrected chi connectivity index (χ2v) is 10.7. The van der Waals surface area contributed by atoms with Gasteiger partial charge in [0.15, 0.2) is 5.82 Å². The van der Waals surface area contributed by atoms with Crippen LogP contribution in [0.2, 0.25) is 10.0 Å². The summed E-state index contributed by atoms with van der Waals surface area (Å²) in [6.07, 6.45) is -0.159. The van der Waals surface area contributed by atoms with E-state index in [1.54, 1.807) is 42.5 Å². The highest BCUT2D eigenvalue weighted by atomic mass is 35.5. The molecule has 1 unspecified atom stereocenters. The van der Waals surface area contributed by atoms with E-state index in [1.807, 2.05) is 54.6 Å². The van der Waals surface area contributed by atoms with E-state index in [-0.39, 0.29) is 30.7 Å². The molecule has 5 rings (SSSR count). The number of rotatable bonds is 12. The Kier molecular flexibility index (Phi) is 10.6. The van der Waals surface area contributed by atoms with Gasteiger partial charge >= 0.3 is 12.0 Å². The third-order valence-corrected chi connectivity index (χ3v) is 7.44. The third-order valence-electron chi connectivity index (χ3n) is 6.70. The van der Waals surface area contributed by atoms with Crippen molar-refractivity contribution in [2.45, 2.75) is 12.5 Å². The summed E-state index contributed by atoms with van der Waals surface area (Å²) < 4.78 is 5.33. The lowest BCUT2D eigenvalue weighted by Crippen LogP contribution is -2.28. The number of amides is 2. The van der Waals surface area contributed by atoms with Crippen LogP contribution in [0.5, 0.6) is 5.75 Å². The summed E-state index contributed by atoms with van der Waals surface area (Å²) in [5.41, 5.74) is 3.85. The van der Waals surface area contributed by atoms with E-state index in [0.29, 0.717) is 32.7 Å². The molecular formula is C33H29Cl2N7O4. The van der Waals surface area contributed by atoms with Crippen LogP contribution in [0.4, 0.5) is 28.1 Å². The maximum absolute atomic E-state index is 13.1. The Hall–Kier alpha value is -5.23. The molecule has 5 N–H and O–H groups in total. The van der Waals surface area contributed by atoms with E-state index < -0.39 is 18.0 Å². The third kappa shape index (κ3) is 8.48. The van der Waals surface area contributed by atoms with Crippen LogP contribution in [-0.2, 0) is 4.79 Å². The molecule has 5 aromatic rings. The highest BCUT2D eigenvalue weighted by Crippen LogP contribution is 2.30. The Bertz CT molecular complexity index is 1830. The van der Waals surface area contributed by atoms with Gasteiger partial charge in [-0.15, -0.1) is 0 Å². The van der Waals surface area contributed by atoms with Crippen LogP contribution in [0, 0.1) is 0 Å². The number of halogens is 2. The number of hydrogen-bond donors (Lipinski definition) is 5. The predicted octanol–water partition coefficient (Wildman–Crippen LogP) is 7.40. The number of hydrogen-bond acceptors (Lipinski definition) is 8. The van der Waals surface area contributed by atoms with Crippen molar-refractivity contribution >= 4 is 58.5 Å². The molecule has 234 valence electrons. The van der Waals surface area contributed by atoms with Crippen LogP contribution in [0.1, 0.15) is 23.9 Å². The quantitative estimate of drug-likeness (QED) is 0.0924. The minimum absolute atomic E-state index is 0.0640. The monoisotopic (exact) mass is 657 g/mol. The molecular weight excluding hydrogens is 629 g/mol. The molecule has 0 fully saturated rings. The molecule has 0 aliphatic carbocycles. The molecule has 1 atom stereocenters. The van der Waals surface area contributed by atoms with Crippen molar-refractivity contribution < 1.29 is 19.4 Å². The number of benzene rings is 4. The van der Waals surface area contributed by atoms with Crippen molar-refractivity contribution in [1.29, 1.82) is 0 Å². The Labute approximate surface area is 275 Å². The number of ether oxygens (including phenoxy) is 1. The van der Waals surface area contributed by atoms with Gasteiger partial charge in [-0.05, 0) is 53.1 Å². The molecule has 0 aliphatic heterocycles. The number of carboxylic acids is 1. The Morgan fingerprint density at radius 3 is 2.22 bits per heavy atom. The first-order valence-corrected chi connectivity index (χ1v) is 14.8. The standard InChI is InChI=1S/C33H29Cl2N7O4/c1-46-27-10-6-5-9-26(27)38-33(45)42-32-40-30(29(36-18-17-28(43)44)22-13-16-24(34)25(35)19-22)39-31(41-32)37-23-14-11-21(12-15-23)20-7-3-2-4-8-20/h2-16,19,29,36H,17-18H2,1H3,(H,43,44)(H3,37,38,39,40,41,42,45). The zero-order valence-corrected chi connectivity index (χ0v) is 26.0. The van der Waals surface area contributed by atoms with Crippen molar-refractivity contribution in [3.63, 3.8) is 0 Å². The molecule has 0 radical (unpaired) electrons. The van der Waals surface area contributed by atoms with E-state index in [9.17, 15) is 14.7 Å². The summed E-state index contributed by atoms with van der Waals surface area (Å²) in [7, 11) is 1.50. The molecule has 13 heteroatoms. The maximum Gasteiger partial charge on any atom is 0.326 e. The second-order valence-electron chi connectivity index (χ2n) is 9.89. The van der Waals surface area contributed by atoms with Crippen LogP contribution in [-0.4, -0.2) is 45.7 Å². The molecule has 1 aromatic heterocycles. The minimum atomic E-state index is -0.979. The molecule has 46 heavy (non-hydrogen) atoms. The van der Waals surface area contributed by atoms with Crippen molar-refractivity contribution in [1.82, 2.24) is 20.3 Å². The first-order chi connectivity index (χ1) is 22.3. The average molecular weight is 659 g/mol. The number of nitrogens with zero attached hydrogens (tertiary/aromatic N) is 3. The van der Waals surface area contributed by atoms with E-state index in [4.69, 9.17) is 27.9 Å². The number of urea groups is 1. The highest BCUT2D eigenvalue weighted by molar-refractivity contribution is 6.42. The van der Waals surface area contributed by atoms with Gasteiger partial charge in [-0.1, -0.05) is 83.9 Å². The smallest absolute Gasteiger partial charge is 0.326 e. The predicted molar refractivity (Wildman–Crippen MR) is 179 cm³/mol. The van der Waals surface area contributed by atoms with Crippen LogP contribution in [0.3, 0.4) is 0 Å². The lowest BCUT2D eigenvalue weighted by molar-refractivity contribution is -0.136. The molecule has 0 spiro atoms.